The van der Waals surface area contributed by atoms with Gasteiger partial charge < -0.3 is 4.74 Å². The molecule has 1 saturated heterocycles. The van der Waals surface area contributed by atoms with Gasteiger partial charge in [0.1, 0.15) is 5.02 Å². The number of carbonyl (C=O) groups is 4. The first-order chi connectivity index (χ1) is 21.2. The summed E-state index contributed by atoms with van der Waals surface area (Å²) in [7, 11) is 0. The average Bonchev–Trinajstić information content (AvgIpc) is 3.72. The number of esters is 1. The summed E-state index contributed by atoms with van der Waals surface area (Å²) in [6, 6.07) is 19.0. The standard InChI is InChI=1S/C33H22ClN3O7/c34-24-12-9-18(14-27(24)37(42)43)28(38)16-44-33(41)23-15-26(35-25-4-2-1-3-22(23)25)17-7-10-21(11-8-17)36-31(39)29-19-5-6-20(13-19)30(29)32(36)40/h1-12,14-15,19-20,29-30H,13,16H2. The highest BCUT2D eigenvalue weighted by atomic mass is 35.5. The molecule has 2 amide bonds. The van der Waals surface area contributed by atoms with Gasteiger partial charge in [0.2, 0.25) is 17.6 Å². The number of ether oxygens (including phenoxy) is 1. The maximum atomic E-state index is 13.2. The second-order valence-corrected chi connectivity index (χ2v) is 11.5. The molecule has 218 valence electrons. The van der Waals surface area contributed by atoms with Crippen LogP contribution in [0.4, 0.5) is 11.4 Å². The largest absolute Gasteiger partial charge is 0.454 e. The molecule has 4 unspecified atom stereocenters. The maximum absolute atomic E-state index is 13.2. The van der Waals surface area contributed by atoms with Gasteiger partial charge in [0, 0.05) is 22.6 Å². The van der Waals surface area contributed by atoms with E-state index in [2.05, 4.69) is 12.2 Å². The van der Waals surface area contributed by atoms with E-state index >= 15 is 0 Å². The number of aromatic nitrogens is 1. The number of nitrogens with zero attached hydrogens (tertiary/aromatic N) is 3. The first-order valence-electron chi connectivity index (χ1n) is 13.9. The zero-order valence-corrected chi connectivity index (χ0v) is 23.6. The Morgan fingerprint density at radius 3 is 2.32 bits per heavy atom. The number of Topliss-reactive ketones (excluding diaryl/α,β-unsaturated/α-hetero) is 1. The SMILES string of the molecule is O=C(COC(=O)c1cc(-c2ccc(N3C(=O)C4C5C=CC(C5)C4C3=O)cc2)nc2ccccc12)c1ccc(Cl)c([N+](=O)[O-])c1. The fourth-order valence-electron chi connectivity index (χ4n) is 6.55. The number of allylic oxidation sites excluding steroid dienone is 2. The molecule has 2 aliphatic carbocycles. The zero-order valence-electron chi connectivity index (χ0n) is 22.9. The molecular formula is C33H22ClN3O7. The Balaban J connectivity index is 1.13. The topological polar surface area (TPSA) is 137 Å². The van der Waals surface area contributed by atoms with Crippen molar-refractivity contribution < 1.29 is 28.8 Å². The number of nitro benzene ring substituents is 1. The van der Waals surface area contributed by atoms with E-state index in [0.717, 1.165) is 12.5 Å². The highest BCUT2D eigenvalue weighted by Gasteiger charge is 2.59. The van der Waals surface area contributed by atoms with Crippen LogP contribution in [-0.2, 0) is 14.3 Å². The van der Waals surface area contributed by atoms with Crippen molar-refractivity contribution >= 4 is 57.4 Å². The summed E-state index contributed by atoms with van der Waals surface area (Å²) in [4.78, 5) is 68.8. The van der Waals surface area contributed by atoms with Crippen molar-refractivity contribution in [1.82, 2.24) is 4.98 Å². The van der Waals surface area contributed by atoms with Gasteiger partial charge in [-0.25, -0.2) is 9.78 Å². The van der Waals surface area contributed by atoms with Gasteiger partial charge in [-0.05, 0) is 54.7 Å². The van der Waals surface area contributed by atoms with E-state index in [1.165, 1.54) is 17.0 Å². The van der Waals surface area contributed by atoms with Crippen LogP contribution >= 0.6 is 11.6 Å². The third-order valence-corrected chi connectivity index (χ3v) is 8.95. The van der Waals surface area contributed by atoms with E-state index in [4.69, 9.17) is 21.3 Å². The number of pyridine rings is 1. The molecule has 7 rings (SSSR count). The van der Waals surface area contributed by atoms with Gasteiger partial charge in [-0.15, -0.1) is 0 Å². The van der Waals surface area contributed by atoms with Gasteiger partial charge >= 0.3 is 5.97 Å². The van der Waals surface area contributed by atoms with Crippen molar-refractivity contribution in [2.24, 2.45) is 23.7 Å². The molecule has 1 saturated carbocycles. The molecule has 11 heteroatoms. The highest BCUT2D eigenvalue weighted by Crippen LogP contribution is 2.53. The normalized spacial score (nSPS) is 21.6. The predicted molar refractivity (Wildman–Crippen MR) is 160 cm³/mol. The second kappa shape index (κ2) is 10.5. The van der Waals surface area contributed by atoms with E-state index in [9.17, 15) is 29.3 Å². The zero-order chi connectivity index (χ0) is 30.7. The number of halogens is 1. The van der Waals surface area contributed by atoms with Gasteiger partial charge in [0.05, 0.1) is 39.2 Å². The van der Waals surface area contributed by atoms with Gasteiger partial charge in [-0.1, -0.05) is 54.1 Å². The monoisotopic (exact) mass is 607 g/mol. The van der Waals surface area contributed by atoms with Crippen LogP contribution in [0, 0.1) is 33.8 Å². The van der Waals surface area contributed by atoms with Crippen LogP contribution in [0.3, 0.4) is 0 Å². The first kappa shape index (κ1) is 27.6. The lowest BCUT2D eigenvalue weighted by molar-refractivity contribution is -0.384. The third-order valence-electron chi connectivity index (χ3n) is 8.63. The Morgan fingerprint density at radius 1 is 0.955 bits per heavy atom. The van der Waals surface area contributed by atoms with Gasteiger partial charge in [-0.2, -0.15) is 0 Å². The lowest BCUT2D eigenvalue weighted by Crippen LogP contribution is -2.32. The minimum absolute atomic E-state index is 0.0169. The molecule has 4 atom stereocenters. The van der Waals surface area contributed by atoms with Crippen LogP contribution in [0.15, 0.2) is 84.9 Å². The summed E-state index contributed by atoms with van der Waals surface area (Å²) in [5.41, 5.74) is 1.81. The van der Waals surface area contributed by atoms with E-state index in [1.54, 1.807) is 54.6 Å². The van der Waals surface area contributed by atoms with E-state index in [1.807, 2.05) is 0 Å². The number of hydrogen-bond donors (Lipinski definition) is 0. The van der Waals surface area contributed by atoms with Crippen LogP contribution < -0.4 is 4.90 Å². The number of fused-ring (bicyclic) bond motifs is 6. The Morgan fingerprint density at radius 2 is 1.64 bits per heavy atom. The number of nitro groups is 1. The quantitative estimate of drug-likeness (QED) is 0.0640. The fourth-order valence-corrected chi connectivity index (χ4v) is 6.73. The first-order valence-corrected chi connectivity index (χ1v) is 14.3. The minimum Gasteiger partial charge on any atom is -0.454 e. The number of carbonyl (C=O) groups excluding carboxylic acids is 4. The molecule has 44 heavy (non-hydrogen) atoms. The Labute approximate surface area is 255 Å². The molecule has 2 heterocycles. The molecule has 2 fully saturated rings. The van der Waals surface area contributed by atoms with Crippen LogP contribution in [0.5, 0.6) is 0 Å². The van der Waals surface area contributed by atoms with Crippen molar-refractivity contribution in [2.45, 2.75) is 6.42 Å². The summed E-state index contributed by atoms with van der Waals surface area (Å²) < 4.78 is 5.34. The molecule has 1 aliphatic heterocycles. The lowest BCUT2D eigenvalue weighted by Gasteiger charge is -2.17. The number of anilines is 1. The number of para-hydroxylation sites is 1. The molecule has 0 N–H and O–H groups in total. The molecule has 2 bridgehead atoms. The van der Waals surface area contributed by atoms with Crippen molar-refractivity contribution in [3.05, 3.63) is 111 Å². The van der Waals surface area contributed by atoms with Crippen LogP contribution in [0.1, 0.15) is 27.1 Å². The summed E-state index contributed by atoms with van der Waals surface area (Å²) in [6.45, 7) is -0.643. The molecule has 4 aromatic rings. The molecule has 1 aromatic heterocycles. The van der Waals surface area contributed by atoms with E-state index in [0.29, 0.717) is 27.8 Å². The minimum atomic E-state index is -0.777. The summed E-state index contributed by atoms with van der Waals surface area (Å²) in [6.07, 6.45) is 4.96. The molecule has 3 aliphatic rings. The van der Waals surface area contributed by atoms with Crippen molar-refractivity contribution in [3.8, 4) is 11.3 Å². The lowest BCUT2D eigenvalue weighted by atomic mass is 9.85. The van der Waals surface area contributed by atoms with Crippen molar-refractivity contribution in [3.63, 3.8) is 0 Å². The van der Waals surface area contributed by atoms with Gasteiger partial charge in [-0.3, -0.25) is 29.4 Å². The number of benzene rings is 3. The number of imide groups is 1. The summed E-state index contributed by atoms with van der Waals surface area (Å²) in [5.74, 6) is -2.10. The number of rotatable bonds is 7. The Kier molecular flexibility index (Phi) is 6.58. The van der Waals surface area contributed by atoms with Crippen LogP contribution in [0.2, 0.25) is 5.02 Å². The second-order valence-electron chi connectivity index (χ2n) is 11.1. The number of ketones is 1. The summed E-state index contributed by atoms with van der Waals surface area (Å²) in [5, 5.41) is 11.6. The predicted octanol–water partition coefficient (Wildman–Crippen LogP) is 5.81. The molecular weight excluding hydrogens is 586 g/mol. The third kappa shape index (κ3) is 4.46. The van der Waals surface area contributed by atoms with Crippen molar-refractivity contribution in [2.75, 3.05) is 11.5 Å². The van der Waals surface area contributed by atoms with E-state index < -0.39 is 29.0 Å². The molecule has 0 radical (unpaired) electrons. The van der Waals surface area contributed by atoms with Gasteiger partial charge in [0.15, 0.2) is 6.61 Å². The Hall–Kier alpha value is -5.22. The van der Waals surface area contributed by atoms with Crippen LogP contribution in [0.25, 0.3) is 22.2 Å². The highest BCUT2D eigenvalue weighted by molar-refractivity contribution is 6.32. The molecule has 10 nitrogen and oxygen atoms in total. The summed E-state index contributed by atoms with van der Waals surface area (Å²) >= 11 is 5.83. The molecule has 3 aromatic carbocycles. The Bertz CT molecular complexity index is 1930. The van der Waals surface area contributed by atoms with Crippen LogP contribution in [-0.4, -0.2) is 40.1 Å². The van der Waals surface area contributed by atoms with Gasteiger partial charge in [0.25, 0.3) is 5.69 Å². The van der Waals surface area contributed by atoms with E-state index in [-0.39, 0.29) is 51.6 Å². The number of hydrogen-bond acceptors (Lipinski definition) is 8. The molecule has 0 spiro atoms. The smallest absolute Gasteiger partial charge is 0.339 e. The fraction of sp³-hybridized carbons (Fsp3) is 0.182. The average molecular weight is 608 g/mol. The van der Waals surface area contributed by atoms with Crippen molar-refractivity contribution in [1.29, 1.82) is 0 Å². The number of amides is 2. The maximum Gasteiger partial charge on any atom is 0.339 e.